The number of aliphatic hydroxyl groups excluding tert-OH is 1. The van der Waals surface area contributed by atoms with E-state index in [1.807, 2.05) is 30.3 Å². The van der Waals surface area contributed by atoms with E-state index in [9.17, 15) is 5.11 Å². The molecule has 3 N–H and O–H groups in total. The van der Waals surface area contributed by atoms with Crippen molar-refractivity contribution in [1.82, 2.24) is 5.32 Å². The smallest absolute Gasteiger partial charge is 0.162 e. The van der Waals surface area contributed by atoms with Crippen LogP contribution in [0.1, 0.15) is 30.0 Å². The maximum atomic E-state index is 10.1. The second-order valence-electron chi connectivity index (χ2n) is 5.18. The number of ether oxygens (including phenoxy) is 1. The van der Waals surface area contributed by atoms with Crippen LogP contribution >= 0.6 is 0 Å². The number of phenols is 1. The van der Waals surface area contributed by atoms with Crippen molar-refractivity contribution < 1.29 is 14.9 Å². The van der Waals surface area contributed by atoms with Crippen LogP contribution in [0, 0.1) is 0 Å². The molecule has 2 rings (SSSR count). The molecule has 1 unspecified atom stereocenters. The average Bonchev–Trinajstić information content (AvgIpc) is 2.57. The van der Waals surface area contributed by atoms with Crippen molar-refractivity contribution in [2.45, 2.75) is 25.4 Å². The van der Waals surface area contributed by atoms with E-state index in [-0.39, 0.29) is 18.4 Å². The summed E-state index contributed by atoms with van der Waals surface area (Å²) in [5.74, 6) is 0.650. The molecule has 0 heterocycles. The quantitative estimate of drug-likeness (QED) is 0.701. The van der Waals surface area contributed by atoms with Crippen LogP contribution < -0.4 is 10.1 Å². The van der Waals surface area contributed by atoms with Crippen LogP contribution in [0.5, 0.6) is 11.5 Å². The Kier molecular flexibility index (Phi) is 6.25. The van der Waals surface area contributed by atoms with Gasteiger partial charge in [-0.25, -0.2) is 0 Å². The molecule has 0 amide bonds. The van der Waals surface area contributed by atoms with Crippen LogP contribution in [0.4, 0.5) is 0 Å². The van der Waals surface area contributed by atoms with Gasteiger partial charge in [0.05, 0.1) is 7.11 Å². The fourth-order valence-electron chi connectivity index (χ4n) is 2.48. The Morgan fingerprint density at radius 1 is 1.09 bits per heavy atom. The zero-order valence-corrected chi connectivity index (χ0v) is 12.8. The zero-order chi connectivity index (χ0) is 15.8. The van der Waals surface area contributed by atoms with E-state index in [4.69, 9.17) is 9.84 Å². The highest BCUT2D eigenvalue weighted by molar-refractivity contribution is 5.45. The first-order valence-corrected chi connectivity index (χ1v) is 7.50. The first kappa shape index (κ1) is 16.3. The van der Waals surface area contributed by atoms with Crippen molar-refractivity contribution >= 4 is 0 Å². The van der Waals surface area contributed by atoms with Gasteiger partial charge in [-0.05, 0) is 24.5 Å². The van der Waals surface area contributed by atoms with Crippen LogP contribution in [0.2, 0.25) is 0 Å². The number of aliphatic hydroxyl groups is 1. The minimum atomic E-state index is 0.138. The number of nitrogens with one attached hydrogen (secondary N) is 1. The topological polar surface area (TPSA) is 61.7 Å². The molecular weight excluding hydrogens is 278 g/mol. The second kappa shape index (κ2) is 8.41. The first-order valence-electron chi connectivity index (χ1n) is 7.50. The molecule has 0 aliphatic heterocycles. The third-order valence-electron chi connectivity index (χ3n) is 3.69. The van der Waals surface area contributed by atoms with Crippen molar-refractivity contribution in [1.29, 1.82) is 0 Å². The summed E-state index contributed by atoms with van der Waals surface area (Å²) >= 11 is 0. The van der Waals surface area contributed by atoms with Gasteiger partial charge in [0.15, 0.2) is 11.5 Å². The maximum absolute atomic E-state index is 10.1. The van der Waals surface area contributed by atoms with Crippen molar-refractivity contribution in [3.8, 4) is 11.5 Å². The van der Waals surface area contributed by atoms with E-state index in [2.05, 4.69) is 17.4 Å². The van der Waals surface area contributed by atoms with E-state index >= 15 is 0 Å². The Morgan fingerprint density at radius 3 is 2.55 bits per heavy atom. The van der Waals surface area contributed by atoms with E-state index in [0.717, 1.165) is 18.4 Å². The average molecular weight is 301 g/mol. The monoisotopic (exact) mass is 301 g/mol. The Hall–Kier alpha value is -2.04. The standard InChI is InChI=1S/C18H23NO3/c1-22-17-11-5-9-15(18(17)21)13-19-16(10-6-12-20)14-7-3-2-4-8-14/h2-5,7-9,11,16,19-21H,6,10,12-13H2,1H3. The summed E-state index contributed by atoms with van der Waals surface area (Å²) in [4.78, 5) is 0. The molecule has 0 aromatic heterocycles. The molecule has 0 spiro atoms. The lowest BCUT2D eigenvalue weighted by Crippen LogP contribution is -2.21. The Balaban J connectivity index is 2.08. The molecule has 22 heavy (non-hydrogen) atoms. The maximum Gasteiger partial charge on any atom is 0.162 e. The van der Waals surface area contributed by atoms with Gasteiger partial charge in [-0.1, -0.05) is 42.5 Å². The lowest BCUT2D eigenvalue weighted by atomic mass is 10.0. The number of para-hydroxylation sites is 1. The molecule has 0 fully saturated rings. The van der Waals surface area contributed by atoms with Crippen molar-refractivity contribution in [3.05, 3.63) is 59.7 Å². The number of hydrogen-bond acceptors (Lipinski definition) is 4. The molecule has 1 atom stereocenters. The van der Waals surface area contributed by atoms with Gasteiger partial charge >= 0.3 is 0 Å². The molecule has 0 bridgehead atoms. The molecule has 4 heteroatoms. The van der Waals surface area contributed by atoms with Crippen molar-refractivity contribution in [2.24, 2.45) is 0 Å². The minimum absolute atomic E-state index is 0.138. The highest BCUT2D eigenvalue weighted by Crippen LogP contribution is 2.30. The van der Waals surface area contributed by atoms with E-state index in [1.54, 1.807) is 13.2 Å². The van der Waals surface area contributed by atoms with Crippen molar-refractivity contribution in [3.63, 3.8) is 0 Å². The van der Waals surface area contributed by atoms with Gasteiger partial charge in [0.2, 0.25) is 0 Å². The van der Waals surface area contributed by atoms with E-state index in [0.29, 0.717) is 12.3 Å². The van der Waals surface area contributed by atoms with Gasteiger partial charge < -0.3 is 20.3 Å². The number of aromatic hydroxyl groups is 1. The van der Waals surface area contributed by atoms with Crippen molar-refractivity contribution in [2.75, 3.05) is 13.7 Å². The molecule has 0 saturated carbocycles. The van der Waals surface area contributed by atoms with Crippen LogP contribution in [0.3, 0.4) is 0 Å². The summed E-state index contributed by atoms with van der Waals surface area (Å²) in [5, 5.41) is 22.7. The number of rotatable bonds is 8. The molecular formula is C18H23NO3. The molecule has 118 valence electrons. The van der Waals surface area contributed by atoms with Crippen LogP contribution in [-0.2, 0) is 6.54 Å². The van der Waals surface area contributed by atoms with Gasteiger partial charge in [0.25, 0.3) is 0 Å². The predicted octanol–water partition coefficient (Wildman–Crippen LogP) is 3.00. The summed E-state index contributed by atoms with van der Waals surface area (Å²) in [6.45, 7) is 0.712. The largest absolute Gasteiger partial charge is 0.504 e. The zero-order valence-electron chi connectivity index (χ0n) is 12.8. The SMILES string of the molecule is COc1cccc(CNC(CCCO)c2ccccc2)c1O. The summed E-state index contributed by atoms with van der Waals surface area (Å²) < 4.78 is 5.13. The lowest BCUT2D eigenvalue weighted by Gasteiger charge is -2.19. The second-order valence-corrected chi connectivity index (χ2v) is 5.18. The minimum Gasteiger partial charge on any atom is -0.504 e. The van der Waals surface area contributed by atoms with Gasteiger partial charge in [-0.2, -0.15) is 0 Å². The molecule has 0 aliphatic rings. The molecule has 2 aromatic rings. The fraction of sp³-hybridized carbons (Fsp3) is 0.333. The molecule has 2 aromatic carbocycles. The van der Waals surface area contributed by atoms with Gasteiger partial charge in [0.1, 0.15) is 0 Å². The number of benzene rings is 2. The summed E-state index contributed by atoms with van der Waals surface area (Å²) in [7, 11) is 1.54. The Labute approximate surface area is 131 Å². The van der Waals surface area contributed by atoms with Crippen LogP contribution in [-0.4, -0.2) is 23.9 Å². The van der Waals surface area contributed by atoms with Gasteiger partial charge in [0, 0.05) is 24.8 Å². The Morgan fingerprint density at radius 2 is 1.86 bits per heavy atom. The number of methoxy groups -OCH3 is 1. The molecule has 4 nitrogen and oxygen atoms in total. The fourth-order valence-corrected chi connectivity index (χ4v) is 2.48. The summed E-state index contributed by atoms with van der Waals surface area (Å²) in [6, 6.07) is 15.7. The molecule has 0 aliphatic carbocycles. The first-order chi connectivity index (χ1) is 10.8. The third-order valence-corrected chi connectivity index (χ3v) is 3.69. The van der Waals surface area contributed by atoms with Crippen LogP contribution in [0.25, 0.3) is 0 Å². The molecule has 0 saturated heterocycles. The summed E-state index contributed by atoms with van der Waals surface area (Å²) in [6.07, 6.45) is 1.57. The van der Waals surface area contributed by atoms with E-state index in [1.165, 1.54) is 5.56 Å². The summed E-state index contributed by atoms with van der Waals surface area (Å²) in [5.41, 5.74) is 1.97. The third kappa shape index (κ3) is 4.23. The molecule has 0 radical (unpaired) electrons. The van der Waals surface area contributed by atoms with E-state index < -0.39 is 0 Å². The van der Waals surface area contributed by atoms with Crippen LogP contribution in [0.15, 0.2) is 48.5 Å². The number of phenolic OH excluding ortho intramolecular Hbond substituents is 1. The number of hydrogen-bond donors (Lipinski definition) is 3. The lowest BCUT2D eigenvalue weighted by molar-refractivity contribution is 0.274. The highest BCUT2D eigenvalue weighted by atomic mass is 16.5. The van der Waals surface area contributed by atoms with Gasteiger partial charge in [-0.15, -0.1) is 0 Å². The normalized spacial score (nSPS) is 12.1. The Bertz CT molecular complexity index is 572. The highest BCUT2D eigenvalue weighted by Gasteiger charge is 2.13. The predicted molar refractivity (Wildman–Crippen MR) is 87.0 cm³/mol. The van der Waals surface area contributed by atoms with Gasteiger partial charge in [-0.3, -0.25) is 0 Å².